The first-order valence-corrected chi connectivity index (χ1v) is 7.61. The summed E-state index contributed by atoms with van der Waals surface area (Å²) in [6, 6.07) is 5.36. The molecular weight excluding hydrogens is 278 g/mol. The molecule has 0 amide bonds. The molecule has 0 aliphatic heterocycles. The Balaban J connectivity index is 2.20. The fraction of sp³-hybridized carbons (Fsp3) is 0.333. The highest BCUT2D eigenvalue weighted by Crippen LogP contribution is 2.17. The summed E-state index contributed by atoms with van der Waals surface area (Å²) in [7, 11) is -1.88. The zero-order valence-electron chi connectivity index (χ0n) is 11.3. The third kappa shape index (κ3) is 3.21. The summed E-state index contributed by atoms with van der Waals surface area (Å²) in [5, 5.41) is 9.60. The van der Waals surface area contributed by atoms with Crippen LogP contribution in [0.3, 0.4) is 0 Å². The van der Waals surface area contributed by atoms with Crippen molar-refractivity contribution in [1.82, 2.24) is 25.2 Å². The number of hydrogen-bond acceptors (Lipinski definition) is 5. The predicted octanol–water partition coefficient (Wildman–Crippen LogP) is 0.311. The zero-order valence-corrected chi connectivity index (χ0v) is 12.2. The summed E-state index contributed by atoms with van der Waals surface area (Å²) in [4.78, 5) is 4.28. The molecule has 0 saturated heterocycles. The summed E-state index contributed by atoms with van der Waals surface area (Å²) < 4.78 is 27.3. The highest BCUT2D eigenvalue weighted by Gasteiger charge is 2.23. The number of nitrogens with zero attached hydrogens (tertiary/aromatic N) is 2. The van der Waals surface area contributed by atoms with Gasteiger partial charge in [-0.15, -0.1) is 0 Å². The maximum absolute atomic E-state index is 12.4. The van der Waals surface area contributed by atoms with Gasteiger partial charge < -0.3 is 5.32 Å². The van der Waals surface area contributed by atoms with Crippen LogP contribution in [0.1, 0.15) is 17.1 Å². The minimum atomic E-state index is -3.62. The second-order valence-electron chi connectivity index (χ2n) is 4.30. The Hall–Kier alpha value is -1.77. The van der Waals surface area contributed by atoms with Gasteiger partial charge in [0.1, 0.15) is 4.90 Å². The Kier molecular flexibility index (Phi) is 4.48. The van der Waals surface area contributed by atoms with Gasteiger partial charge in [0.05, 0.1) is 23.6 Å². The van der Waals surface area contributed by atoms with Crippen molar-refractivity contribution < 1.29 is 8.42 Å². The van der Waals surface area contributed by atoms with Gasteiger partial charge in [0.15, 0.2) is 0 Å². The lowest BCUT2D eigenvalue weighted by Gasteiger charge is -2.07. The van der Waals surface area contributed by atoms with Gasteiger partial charge in [-0.1, -0.05) is 6.07 Å². The Morgan fingerprint density at radius 2 is 2.10 bits per heavy atom. The second kappa shape index (κ2) is 6.12. The van der Waals surface area contributed by atoms with Crippen LogP contribution in [0.5, 0.6) is 0 Å². The van der Waals surface area contributed by atoms with Crippen LogP contribution >= 0.6 is 0 Å². The third-order valence-corrected chi connectivity index (χ3v) is 4.35. The number of pyridine rings is 1. The number of rotatable bonds is 6. The molecular formula is C12H17N5O2S. The van der Waals surface area contributed by atoms with E-state index in [1.54, 1.807) is 32.3 Å². The van der Waals surface area contributed by atoms with Crippen LogP contribution < -0.4 is 10.0 Å². The van der Waals surface area contributed by atoms with Crippen LogP contribution in [0.4, 0.5) is 0 Å². The van der Waals surface area contributed by atoms with E-state index in [0.717, 1.165) is 0 Å². The van der Waals surface area contributed by atoms with E-state index in [1.165, 1.54) is 0 Å². The fourth-order valence-corrected chi connectivity index (χ4v) is 3.22. The quantitative estimate of drug-likeness (QED) is 0.712. The first-order valence-electron chi connectivity index (χ1n) is 6.12. The van der Waals surface area contributed by atoms with Crippen LogP contribution in [0.2, 0.25) is 0 Å². The van der Waals surface area contributed by atoms with Gasteiger partial charge in [0.25, 0.3) is 0 Å². The molecule has 2 heterocycles. The first-order chi connectivity index (χ1) is 9.54. The summed E-state index contributed by atoms with van der Waals surface area (Å²) in [6.07, 6.45) is 1.62. The highest BCUT2D eigenvalue weighted by atomic mass is 32.2. The number of H-pyrrole nitrogens is 1. The molecule has 0 bridgehead atoms. The van der Waals surface area contributed by atoms with E-state index in [0.29, 0.717) is 23.6 Å². The predicted molar refractivity (Wildman–Crippen MR) is 74.4 cm³/mol. The molecule has 0 atom stereocenters. The Morgan fingerprint density at radius 1 is 1.30 bits per heavy atom. The van der Waals surface area contributed by atoms with Crippen molar-refractivity contribution in [3.63, 3.8) is 0 Å². The summed E-state index contributed by atoms with van der Waals surface area (Å²) >= 11 is 0. The van der Waals surface area contributed by atoms with Crippen LogP contribution in [-0.4, -0.2) is 30.6 Å². The Bertz CT molecular complexity index is 666. The minimum absolute atomic E-state index is 0.146. The maximum Gasteiger partial charge on any atom is 0.244 e. The van der Waals surface area contributed by atoms with Gasteiger partial charge in [0, 0.05) is 12.7 Å². The van der Waals surface area contributed by atoms with E-state index < -0.39 is 10.0 Å². The lowest BCUT2D eigenvalue weighted by molar-refractivity contribution is 0.578. The third-order valence-electron chi connectivity index (χ3n) is 2.74. The van der Waals surface area contributed by atoms with Crippen molar-refractivity contribution in [1.29, 1.82) is 0 Å². The number of nitrogens with one attached hydrogen (secondary N) is 3. The average molecular weight is 295 g/mol. The molecule has 108 valence electrons. The van der Waals surface area contributed by atoms with Crippen molar-refractivity contribution in [2.45, 2.75) is 24.9 Å². The first kappa shape index (κ1) is 14.6. The van der Waals surface area contributed by atoms with E-state index in [1.807, 2.05) is 6.07 Å². The molecule has 2 aromatic heterocycles. The van der Waals surface area contributed by atoms with Gasteiger partial charge >= 0.3 is 0 Å². The molecule has 0 aromatic carbocycles. The number of aromatic nitrogens is 3. The van der Waals surface area contributed by atoms with Gasteiger partial charge in [0.2, 0.25) is 10.0 Å². The van der Waals surface area contributed by atoms with Crippen LogP contribution in [0.15, 0.2) is 29.3 Å². The van der Waals surface area contributed by atoms with E-state index in [4.69, 9.17) is 0 Å². The van der Waals surface area contributed by atoms with E-state index in [-0.39, 0.29) is 11.4 Å². The van der Waals surface area contributed by atoms with Crippen LogP contribution in [0, 0.1) is 6.92 Å². The molecule has 0 radical (unpaired) electrons. The number of aromatic amines is 1. The van der Waals surface area contributed by atoms with Crippen molar-refractivity contribution in [3.05, 3.63) is 41.5 Å². The Labute approximate surface area is 117 Å². The molecule has 0 saturated carbocycles. The number of aryl methyl sites for hydroxylation is 1. The van der Waals surface area contributed by atoms with Gasteiger partial charge in [-0.2, -0.15) is 5.10 Å². The van der Waals surface area contributed by atoms with E-state index >= 15 is 0 Å². The normalized spacial score (nSPS) is 11.7. The molecule has 0 aliphatic carbocycles. The molecule has 2 rings (SSSR count). The monoisotopic (exact) mass is 295 g/mol. The topological polar surface area (TPSA) is 99.8 Å². The van der Waals surface area contributed by atoms with Crippen molar-refractivity contribution in [3.8, 4) is 0 Å². The molecule has 20 heavy (non-hydrogen) atoms. The summed E-state index contributed by atoms with van der Waals surface area (Å²) in [6.45, 7) is 2.21. The molecule has 2 aromatic rings. The van der Waals surface area contributed by atoms with Gasteiger partial charge in [-0.3, -0.25) is 10.1 Å². The molecule has 8 heteroatoms. The Morgan fingerprint density at radius 3 is 2.75 bits per heavy atom. The molecule has 0 aliphatic rings. The lowest BCUT2D eigenvalue weighted by atomic mass is 10.4. The van der Waals surface area contributed by atoms with Crippen molar-refractivity contribution in [2.24, 2.45) is 0 Å². The number of hydrogen-bond donors (Lipinski definition) is 3. The molecule has 7 nitrogen and oxygen atoms in total. The summed E-state index contributed by atoms with van der Waals surface area (Å²) in [5.41, 5.74) is 1.65. The van der Waals surface area contributed by atoms with Crippen LogP contribution in [0.25, 0.3) is 0 Å². The average Bonchev–Trinajstić information content (AvgIpc) is 2.80. The van der Waals surface area contributed by atoms with Crippen LogP contribution in [-0.2, 0) is 23.1 Å². The lowest BCUT2D eigenvalue weighted by Crippen LogP contribution is -2.25. The molecule has 0 spiro atoms. The van der Waals surface area contributed by atoms with Crippen molar-refractivity contribution in [2.75, 3.05) is 7.05 Å². The zero-order chi connectivity index (χ0) is 14.6. The largest absolute Gasteiger partial charge is 0.314 e. The minimum Gasteiger partial charge on any atom is -0.314 e. The highest BCUT2D eigenvalue weighted by molar-refractivity contribution is 7.89. The second-order valence-corrected chi connectivity index (χ2v) is 6.00. The molecule has 0 unspecified atom stereocenters. The summed E-state index contributed by atoms with van der Waals surface area (Å²) in [5.74, 6) is 0. The fourth-order valence-electron chi connectivity index (χ4n) is 1.86. The molecule has 3 N–H and O–H groups in total. The number of sulfonamides is 1. The molecule has 0 fully saturated rings. The van der Waals surface area contributed by atoms with Gasteiger partial charge in [-0.25, -0.2) is 13.1 Å². The van der Waals surface area contributed by atoms with Crippen molar-refractivity contribution >= 4 is 10.0 Å². The van der Waals surface area contributed by atoms with Gasteiger partial charge in [-0.05, 0) is 26.1 Å². The SMILES string of the molecule is CNCc1n[nH]c(C)c1S(=O)(=O)NCc1ccccn1. The standard InChI is InChI=1S/C12H17N5O2S/c1-9-12(11(8-13-2)17-16-9)20(18,19)15-7-10-5-3-4-6-14-10/h3-6,13,15H,7-8H2,1-2H3,(H,16,17). The smallest absolute Gasteiger partial charge is 0.244 e. The van der Waals surface area contributed by atoms with E-state index in [2.05, 4.69) is 25.2 Å². The maximum atomic E-state index is 12.4. The van der Waals surface area contributed by atoms with E-state index in [9.17, 15) is 8.42 Å².